The van der Waals surface area contributed by atoms with Crippen molar-refractivity contribution in [3.05, 3.63) is 12.2 Å². The lowest BCUT2D eigenvalue weighted by atomic mass is 10.3. The Morgan fingerprint density at radius 2 is 2.00 bits per heavy atom. The molecule has 3 heteroatoms. The lowest BCUT2D eigenvalue weighted by Crippen LogP contribution is -2.23. The molecule has 0 aliphatic heterocycles. The Hall–Kier alpha value is -0.670. The second kappa shape index (κ2) is 7.00. The summed E-state index contributed by atoms with van der Waals surface area (Å²) in [5, 5.41) is 0. The average molecular weight is 170 g/mol. The number of hydrogen-bond acceptors (Lipinski definition) is 3. The highest BCUT2D eigenvalue weighted by Crippen LogP contribution is 1.87. The van der Waals surface area contributed by atoms with E-state index in [0.29, 0.717) is 0 Å². The van der Waals surface area contributed by atoms with Gasteiger partial charge in [-0.05, 0) is 19.2 Å². The van der Waals surface area contributed by atoms with E-state index in [1.165, 1.54) is 0 Å². The summed E-state index contributed by atoms with van der Waals surface area (Å²) in [5.41, 5.74) is 5.14. The highest BCUT2D eigenvalue weighted by molar-refractivity contribution is 5.91. The van der Waals surface area contributed by atoms with E-state index in [1.54, 1.807) is 6.08 Å². The summed E-state index contributed by atoms with van der Waals surface area (Å²) in [7, 11) is 0. The third-order valence-electron chi connectivity index (χ3n) is 1.76. The minimum Gasteiger partial charge on any atom is -0.324 e. The Kier molecular flexibility index (Phi) is 6.61. The van der Waals surface area contributed by atoms with Gasteiger partial charge in [-0.1, -0.05) is 19.9 Å². The first-order valence-electron chi connectivity index (χ1n) is 4.36. The number of nitrogens with zero attached hydrogens (tertiary/aromatic N) is 1. The maximum Gasteiger partial charge on any atom is 0.168 e. The Labute approximate surface area is 74.2 Å². The monoisotopic (exact) mass is 170 g/mol. The van der Waals surface area contributed by atoms with E-state index in [-0.39, 0.29) is 12.3 Å². The van der Waals surface area contributed by atoms with Crippen LogP contribution < -0.4 is 5.73 Å². The molecule has 0 bridgehead atoms. The van der Waals surface area contributed by atoms with Crippen molar-refractivity contribution in [3.63, 3.8) is 0 Å². The van der Waals surface area contributed by atoms with Crippen LogP contribution in [-0.4, -0.2) is 36.9 Å². The van der Waals surface area contributed by atoms with Crippen molar-refractivity contribution in [1.29, 1.82) is 0 Å². The maximum atomic E-state index is 10.7. The van der Waals surface area contributed by atoms with E-state index in [4.69, 9.17) is 5.73 Å². The average Bonchev–Trinajstić information content (AvgIpc) is 2.12. The van der Waals surface area contributed by atoms with Gasteiger partial charge < -0.3 is 10.6 Å². The van der Waals surface area contributed by atoms with Crippen LogP contribution in [0.15, 0.2) is 12.2 Å². The molecule has 0 amide bonds. The molecule has 12 heavy (non-hydrogen) atoms. The van der Waals surface area contributed by atoms with Gasteiger partial charge in [-0.15, -0.1) is 0 Å². The van der Waals surface area contributed by atoms with Crippen molar-refractivity contribution in [2.75, 3.05) is 26.2 Å². The van der Waals surface area contributed by atoms with Crippen LogP contribution in [0.25, 0.3) is 0 Å². The second-order valence-electron chi connectivity index (χ2n) is 2.56. The lowest BCUT2D eigenvalue weighted by Gasteiger charge is -2.14. The standard InChI is InChI=1S/C9H18N2O/c1-3-11(4-2)7-5-6-9(12)8-10/h5-6H,3-4,7-8,10H2,1-2H3/b6-5+. The van der Waals surface area contributed by atoms with Crippen LogP contribution >= 0.6 is 0 Å². The molecule has 0 aromatic heterocycles. The molecular formula is C9H18N2O. The smallest absolute Gasteiger partial charge is 0.168 e. The molecule has 0 saturated carbocycles. The molecule has 0 aromatic carbocycles. The fraction of sp³-hybridized carbons (Fsp3) is 0.667. The number of hydrogen-bond donors (Lipinski definition) is 1. The lowest BCUT2D eigenvalue weighted by molar-refractivity contribution is -0.113. The first kappa shape index (κ1) is 11.3. The Balaban J connectivity index is 3.64. The predicted molar refractivity (Wildman–Crippen MR) is 51.0 cm³/mol. The van der Waals surface area contributed by atoms with Gasteiger partial charge in [-0.3, -0.25) is 4.79 Å². The summed E-state index contributed by atoms with van der Waals surface area (Å²) in [6.07, 6.45) is 3.42. The van der Waals surface area contributed by atoms with Crippen molar-refractivity contribution < 1.29 is 4.79 Å². The zero-order valence-electron chi connectivity index (χ0n) is 7.92. The quantitative estimate of drug-likeness (QED) is 0.587. The molecular weight excluding hydrogens is 152 g/mol. The summed E-state index contributed by atoms with van der Waals surface area (Å²) >= 11 is 0. The Morgan fingerprint density at radius 1 is 1.42 bits per heavy atom. The van der Waals surface area contributed by atoms with Gasteiger partial charge >= 0.3 is 0 Å². The van der Waals surface area contributed by atoms with Gasteiger partial charge in [0, 0.05) is 6.54 Å². The Morgan fingerprint density at radius 3 is 2.42 bits per heavy atom. The molecule has 70 valence electrons. The molecule has 2 N–H and O–H groups in total. The van der Waals surface area contributed by atoms with Gasteiger partial charge in [0.15, 0.2) is 5.78 Å². The highest BCUT2D eigenvalue weighted by Gasteiger charge is 1.94. The van der Waals surface area contributed by atoms with Crippen LogP contribution in [0.2, 0.25) is 0 Å². The van der Waals surface area contributed by atoms with Crippen LogP contribution in [0.5, 0.6) is 0 Å². The first-order valence-corrected chi connectivity index (χ1v) is 4.36. The molecule has 0 atom stereocenters. The molecule has 0 unspecified atom stereocenters. The summed E-state index contributed by atoms with van der Waals surface area (Å²) < 4.78 is 0. The number of carbonyl (C=O) groups excluding carboxylic acids is 1. The van der Waals surface area contributed by atoms with Crippen molar-refractivity contribution in [3.8, 4) is 0 Å². The van der Waals surface area contributed by atoms with E-state index < -0.39 is 0 Å². The van der Waals surface area contributed by atoms with E-state index >= 15 is 0 Å². The summed E-state index contributed by atoms with van der Waals surface area (Å²) in [6.45, 7) is 7.16. The molecule has 0 aromatic rings. The minimum absolute atomic E-state index is 0.0119. The zero-order valence-corrected chi connectivity index (χ0v) is 7.92. The van der Waals surface area contributed by atoms with Crippen LogP contribution in [0.4, 0.5) is 0 Å². The van der Waals surface area contributed by atoms with E-state index in [2.05, 4.69) is 18.7 Å². The SMILES string of the molecule is CCN(CC)C/C=C/C(=O)CN. The van der Waals surface area contributed by atoms with E-state index in [0.717, 1.165) is 19.6 Å². The number of ketones is 1. The maximum absolute atomic E-state index is 10.7. The summed E-state index contributed by atoms with van der Waals surface area (Å²) in [6, 6.07) is 0. The molecule has 0 radical (unpaired) electrons. The van der Waals surface area contributed by atoms with Crippen LogP contribution in [-0.2, 0) is 4.79 Å². The zero-order chi connectivity index (χ0) is 9.40. The molecule has 0 heterocycles. The van der Waals surface area contributed by atoms with Crippen LogP contribution in [0.3, 0.4) is 0 Å². The number of rotatable bonds is 6. The van der Waals surface area contributed by atoms with E-state index in [1.807, 2.05) is 6.08 Å². The number of carbonyl (C=O) groups is 1. The summed E-state index contributed by atoms with van der Waals surface area (Å²) in [4.78, 5) is 13.0. The molecule has 3 nitrogen and oxygen atoms in total. The molecule has 0 aliphatic carbocycles. The highest BCUT2D eigenvalue weighted by atomic mass is 16.1. The van der Waals surface area contributed by atoms with Crippen molar-refractivity contribution in [2.24, 2.45) is 5.73 Å². The largest absolute Gasteiger partial charge is 0.324 e. The molecule has 0 rings (SSSR count). The fourth-order valence-electron chi connectivity index (χ4n) is 0.883. The molecule has 0 saturated heterocycles. The topological polar surface area (TPSA) is 46.3 Å². The predicted octanol–water partition coefficient (Wildman–Crippen LogP) is 0.412. The second-order valence-corrected chi connectivity index (χ2v) is 2.56. The molecule has 0 spiro atoms. The van der Waals surface area contributed by atoms with Gasteiger partial charge in [-0.2, -0.15) is 0 Å². The van der Waals surface area contributed by atoms with Gasteiger partial charge in [0.05, 0.1) is 6.54 Å². The summed E-state index contributed by atoms with van der Waals surface area (Å²) in [5.74, 6) is -0.0119. The van der Waals surface area contributed by atoms with Crippen molar-refractivity contribution in [2.45, 2.75) is 13.8 Å². The number of likely N-dealkylation sites (N-methyl/N-ethyl adjacent to an activating group) is 1. The third kappa shape index (κ3) is 5.04. The number of nitrogens with two attached hydrogens (primary N) is 1. The van der Waals surface area contributed by atoms with Gasteiger partial charge in [0.2, 0.25) is 0 Å². The van der Waals surface area contributed by atoms with Crippen molar-refractivity contribution >= 4 is 5.78 Å². The van der Waals surface area contributed by atoms with Crippen LogP contribution in [0.1, 0.15) is 13.8 Å². The normalized spacial score (nSPS) is 11.3. The van der Waals surface area contributed by atoms with Gasteiger partial charge in [0.1, 0.15) is 0 Å². The fourth-order valence-corrected chi connectivity index (χ4v) is 0.883. The minimum atomic E-state index is -0.0119. The molecule has 0 fully saturated rings. The van der Waals surface area contributed by atoms with Crippen molar-refractivity contribution in [1.82, 2.24) is 4.90 Å². The third-order valence-corrected chi connectivity index (χ3v) is 1.76. The van der Waals surface area contributed by atoms with E-state index in [9.17, 15) is 4.79 Å². The molecule has 0 aliphatic rings. The van der Waals surface area contributed by atoms with Gasteiger partial charge in [0.25, 0.3) is 0 Å². The Bertz CT molecular complexity index is 151. The van der Waals surface area contributed by atoms with Crippen LogP contribution in [0, 0.1) is 0 Å². The van der Waals surface area contributed by atoms with Gasteiger partial charge in [-0.25, -0.2) is 0 Å². The first-order chi connectivity index (χ1) is 5.74.